The summed E-state index contributed by atoms with van der Waals surface area (Å²) in [4.78, 5) is 33.8. The molecule has 0 heterocycles. The summed E-state index contributed by atoms with van der Waals surface area (Å²) in [5.41, 5.74) is 5.22. The minimum atomic E-state index is -0.618. The topological polar surface area (TPSA) is 98.5 Å². The maximum atomic E-state index is 11.5. The molecule has 0 bridgehead atoms. The van der Waals surface area contributed by atoms with Crippen LogP contribution in [0.4, 0.5) is 0 Å². The SMILES string of the molecule is CCOC(=O)CCC(=O)N[C@H](CC1CC1)C(N)=O. The van der Waals surface area contributed by atoms with Crippen LogP contribution in [0.1, 0.15) is 39.0 Å². The van der Waals surface area contributed by atoms with Gasteiger partial charge >= 0.3 is 5.97 Å². The first kappa shape index (κ1) is 14.5. The number of hydrogen-bond donors (Lipinski definition) is 2. The molecule has 0 aliphatic heterocycles. The molecule has 3 N–H and O–H groups in total. The van der Waals surface area contributed by atoms with Gasteiger partial charge in [0, 0.05) is 6.42 Å². The molecule has 0 radical (unpaired) electrons. The summed E-state index contributed by atoms with van der Waals surface area (Å²) < 4.78 is 4.71. The fraction of sp³-hybridized carbons (Fsp3) is 0.750. The van der Waals surface area contributed by atoms with E-state index in [9.17, 15) is 14.4 Å². The van der Waals surface area contributed by atoms with Crippen LogP contribution in [0, 0.1) is 5.92 Å². The molecule has 0 saturated heterocycles. The van der Waals surface area contributed by atoms with Gasteiger partial charge < -0.3 is 15.8 Å². The highest BCUT2D eigenvalue weighted by molar-refractivity contribution is 5.87. The van der Waals surface area contributed by atoms with Crippen LogP contribution in [0.2, 0.25) is 0 Å². The summed E-state index contributed by atoms with van der Waals surface area (Å²) in [6.45, 7) is 2.00. The maximum Gasteiger partial charge on any atom is 0.306 e. The van der Waals surface area contributed by atoms with Gasteiger partial charge in [0.15, 0.2) is 0 Å². The minimum absolute atomic E-state index is 0.0211. The molecule has 0 spiro atoms. The lowest BCUT2D eigenvalue weighted by Gasteiger charge is -2.14. The number of carbonyl (C=O) groups is 3. The second kappa shape index (κ2) is 6.98. The van der Waals surface area contributed by atoms with E-state index in [4.69, 9.17) is 10.5 Å². The number of hydrogen-bond acceptors (Lipinski definition) is 4. The second-order valence-electron chi connectivity index (χ2n) is 4.51. The molecule has 0 aromatic heterocycles. The Hall–Kier alpha value is -1.59. The molecule has 102 valence electrons. The van der Waals surface area contributed by atoms with Crippen LogP contribution in [0.15, 0.2) is 0 Å². The third-order valence-corrected chi connectivity index (χ3v) is 2.81. The fourth-order valence-electron chi connectivity index (χ4n) is 1.65. The normalized spacial score (nSPS) is 15.8. The average molecular weight is 256 g/mol. The van der Waals surface area contributed by atoms with Gasteiger partial charge in [-0.1, -0.05) is 12.8 Å². The summed E-state index contributed by atoms with van der Waals surface area (Å²) in [6.07, 6.45) is 2.81. The largest absolute Gasteiger partial charge is 0.466 e. The van der Waals surface area contributed by atoms with E-state index >= 15 is 0 Å². The molecular weight excluding hydrogens is 236 g/mol. The zero-order chi connectivity index (χ0) is 13.5. The Morgan fingerprint density at radius 3 is 2.50 bits per heavy atom. The molecular formula is C12H20N2O4. The number of nitrogens with two attached hydrogens (primary N) is 1. The first-order valence-corrected chi connectivity index (χ1v) is 6.27. The Bertz CT molecular complexity index is 326. The van der Waals surface area contributed by atoms with Crippen molar-refractivity contribution in [3.05, 3.63) is 0 Å². The summed E-state index contributed by atoms with van der Waals surface area (Å²) >= 11 is 0. The molecule has 0 aromatic rings. The number of amides is 2. The lowest BCUT2D eigenvalue weighted by Crippen LogP contribution is -2.44. The molecule has 1 aliphatic rings. The van der Waals surface area contributed by atoms with E-state index in [1.165, 1.54) is 0 Å². The van der Waals surface area contributed by atoms with Crippen molar-refractivity contribution in [2.45, 2.75) is 45.1 Å². The van der Waals surface area contributed by atoms with Gasteiger partial charge in [0.05, 0.1) is 13.0 Å². The van der Waals surface area contributed by atoms with Crippen LogP contribution in [0.25, 0.3) is 0 Å². The Balaban J connectivity index is 2.27. The number of primary amides is 1. The third kappa shape index (κ3) is 5.65. The summed E-state index contributed by atoms with van der Waals surface area (Å²) in [7, 11) is 0. The van der Waals surface area contributed by atoms with Gasteiger partial charge in [0.2, 0.25) is 11.8 Å². The number of nitrogens with one attached hydrogen (secondary N) is 1. The summed E-state index contributed by atoms with van der Waals surface area (Å²) in [5.74, 6) is -0.780. The number of ether oxygens (including phenoxy) is 1. The van der Waals surface area contributed by atoms with Gasteiger partial charge in [0.25, 0.3) is 0 Å². The predicted molar refractivity (Wildman–Crippen MR) is 64.3 cm³/mol. The minimum Gasteiger partial charge on any atom is -0.466 e. The molecule has 18 heavy (non-hydrogen) atoms. The second-order valence-corrected chi connectivity index (χ2v) is 4.51. The van der Waals surface area contributed by atoms with E-state index in [0.717, 1.165) is 12.8 Å². The molecule has 1 rings (SSSR count). The zero-order valence-electron chi connectivity index (χ0n) is 10.6. The Kier molecular flexibility index (Phi) is 5.61. The molecule has 1 atom stereocenters. The van der Waals surface area contributed by atoms with Crippen molar-refractivity contribution in [3.63, 3.8) is 0 Å². The van der Waals surface area contributed by atoms with Gasteiger partial charge in [-0.05, 0) is 19.3 Å². The molecule has 0 aromatic carbocycles. The Morgan fingerprint density at radius 2 is 2.00 bits per heavy atom. The van der Waals surface area contributed by atoms with E-state index in [2.05, 4.69) is 5.32 Å². The van der Waals surface area contributed by atoms with Crippen molar-refractivity contribution in [1.82, 2.24) is 5.32 Å². The number of rotatable bonds is 8. The molecule has 6 heteroatoms. The van der Waals surface area contributed by atoms with Crippen LogP contribution >= 0.6 is 0 Å². The lowest BCUT2D eigenvalue weighted by molar-refractivity contribution is -0.144. The summed E-state index contributed by atoms with van der Waals surface area (Å²) in [5, 5.41) is 2.56. The van der Waals surface area contributed by atoms with Gasteiger partial charge in [-0.3, -0.25) is 14.4 Å². The van der Waals surface area contributed by atoms with Gasteiger partial charge in [0.1, 0.15) is 6.04 Å². The smallest absolute Gasteiger partial charge is 0.306 e. The van der Waals surface area contributed by atoms with Crippen molar-refractivity contribution in [2.24, 2.45) is 11.7 Å². The van der Waals surface area contributed by atoms with E-state index < -0.39 is 17.9 Å². The fourth-order valence-corrected chi connectivity index (χ4v) is 1.65. The molecule has 0 unspecified atom stereocenters. The molecule has 2 amide bonds. The van der Waals surface area contributed by atoms with Crippen LogP contribution in [-0.2, 0) is 19.1 Å². The van der Waals surface area contributed by atoms with Crippen molar-refractivity contribution in [3.8, 4) is 0 Å². The summed E-state index contributed by atoms with van der Waals surface area (Å²) in [6, 6.07) is -0.618. The number of esters is 1. The van der Waals surface area contributed by atoms with Gasteiger partial charge in [-0.2, -0.15) is 0 Å². The quantitative estimate of drug-likeness (QED) is 0.602. The Labute approximate surface area is 106 Å². The molecule has 1 saturated carbocycles. The van der Waals surface area contributed by atoms with Gasteiger partial charge in [-0.15, -0.1) is 0 Å². The molecule has 6 nitrogen and oxygen atoms in total. The predicted octanol–water partition coefficient (Wildman–Crippen LogP) is 0.0999. The highest BCUT2D eigenvalue weighted by atomic mass is 16.5. The lowest BCUT2D eigenvalue weighted by atomic mass is 10.1. The highest BCUT2D eigenvalue weighted by Gasteiger charge is 2.29. The van der Waals surface area contributed by atoms with Crippen LogP contribution in [-0.4, -0.2) is 30.4 Å². The molecule has 1 aliphatic carbocycles. The van der Waals surface area contributed by atoms with Crippen LogP contribution in [0.5, 0.6) is 0 Å². The molecule has 1 fully saturated rings. The first-order valence-electron chi connectivity index (χ1n) is 6.27. The van der Waals surface area contributed by atoms with Crippen molar-refractivity contribution in [1.29, 1.82) is 0 Å². The van der Waals surface area contributed by atoms with Crippen LogP contribution in [0.3, 0.4) is 0 Å². The standard InChI is InChI=1S/C12H20N2O4/c1-2-18-11(16)6-5-10(15)14-9(12(13)17)7-8-3-4-8/h8-9H,2-7H2,1H3,(H2,13,17)(H,14,15)/t9-/m1/s1. The van der Waals surface area contributed by atoms with Crippen molar-refractivity contribution < 1.29 is 19.1 Å². The highest BCUT2D eigenvalue weighted by Crippen LogP contribution is 2.33. The van der Waals surface area contributed by atoms with E-state index in [0.29, 0.717) is 18.9 Å². The number of carbonyl (C=O) groups excluding carboxylic acids is 3. The van der Waals surface area contributed by atoms with Crippen molar-refractivity contribution >= 4 is 17.8 Å². The first-order chi connectivity index (χ1) is 8.52. The van der Waals surface area contributed by atoms with Crippen molar-refractivity contribution in [2.75, 3.05) is 6.61 Å². The zero-order valence-corrected chi connectivity index (χ0v) is 10.6. The van der Waals surface area contributed by atoms with E-state index in [1.807, 2.05) is 0 Å². The maximum absolute atomic E-state index is 11.5. The van der Waals surface area contributed by atoms with E-state index in [-0.39, 0.29) is 18.7 Å². The Morgan fingerprint density at radius 1 is 1.33 bits per heavy atom. The van der Waals surface area contributed by atoms with E-state index in [1.54, 1.807) is 6.92 Å². The third-order valence-electron chi connectivity index (χ3n) is 2.81. The van der Waals surface area contributed by atoms with Crippen LogP contribution < -0.4 is 11.1 Å². The average Bonchev–Trinajstić information content (AvgIpc) is 3.09. The van der Waals surface area contributed by atoms with Gasteiger partial charge in [-0.25, -0.2) is 0 Å². The monoisotopic (exact) mass is 256 g/mol.